The van der Waals surface area contributed by atoms with Gasteiger partial charge in [-0.3, -0.25) is 0 Å². The molecule has 0 fully saturated rings. The first-order chi connectivity index (χ1) is 10.9. The summed E-state index contributed by atoms with van der Waals surface area (Å²) in [6.45, 7) is 5.45. The SMILES string of the molecule is CCNC(=NCC(C)(O)c1ccco1)N(C)Cc1cccn1C.I. The maximum atomic E-state index is 10.5. The number of aryl methyl sites for hydroxylation is 1. The summed E-state index contributed by atoms with van der Waals surface area (Å²) in [5.74, 6) is 1.27. The van der Waals surface area contributed by atoms with Gasteiger partial charge in [-0.2, -0.15) is 0 Å². The van der Waals surface area contributed by atoms with Crippen LogP contribution in [0.2, 0.25) is 0 Å². The molecule has 134 valence electrons. The predicted molar refractivity (Wildman–Crippen MR) is 107 cm³/mol. The Bertz CT molecular complexity index is 635. The number of nitrogens with one attached hydrogen (secondary N) is 1. The van der Waals surface area contributed by atoms with E-state index in [1.807, 2.05) is 38.2 Å². The fraction of sp³-hybridized carbons (Fsp3) is 0.471. The number of hydrogen-bond donors (Lipinski definition) is 2. The molecule has 0 spiro atoms. The zero-order valence-electron chi connectivity index (χ0n) is 14.7. The van der Waals surface area contributed by atoms with Gasteiger partial charge in [0.05, 0.1) is 19.4 Å². The third-order valence-corrected chi connectivity index (χ3v) is 3.74. The second kappa shape index (κ2) is 9.12. The third-order valence-electron chi connectivity index (χ3n) is 3.74. The molecule has 0 amide bonds. The zero-order chi connectivity index (χ0) is 16.9. The van der Waals surface area contributed by atoms with E-state index in [1.54, 1.807) is 25.3 Å². The van der Waals surface area contributed by atoms with Crippen LogP contribution in [-0.4, -0.2) is 40.7 Å². The van der Waals surface area contributed by atoms with Crippen LogP contribution in [0.4, 0.5) is 0 Å². The van der Waals surface area contributed by atoms with Crippen LogP contribution in [0.25, 0.3) is 0 Å². The van der Waals surface area contributed by atoms with E-state index in [0.29, 0.717) is 5.76 Å². The summed E-state index contributed by atoms with van der Waals surface area (Å²) in [6, 6.07) is 7.63. The van der Waals surface area contributed by atoms with Crippen LogP contribution < -0.4 is 5.32 Å². The minimum atomic E-state index is -1.13. The van der Waals surface area contributed by atoms with Gasteiger partial charge in [-0.15, -0.1) is 24.0 Å². The zero-order valence-corrected chi connectivity index (χ0v) is 17.0. The van der Waals surface area contributed by atoms with Gasteiger partial charge in [0, 0.05) is 32.5 Å². The van der Waals surface area contributed by atoms with Crippen molar-refractivity contribution >= 4 is 29.9 Å². The summed E-state index contributed by atoms with van der Waals surface area (Å²) in [7, 11) is 4.00. The minimum absolute atomic E-state index is 0. The van der Waals surface area contributed by atoms with Crippen molar-refractivity contribution in [1.29, 1.82) is 0 Å². The van der Waals surface area contributed by atoms with Crippen LogP contribution in [-0.2, 0) is 19.2 Å². The van der Waals surface area contributed by atoms with Crippen molar-refractivity contribution in [3.63, 3.8) is 0 Å². The van der Waals surface area contributed by atoms with Gasteiger partial charge in [0.15, 0.2) is 5.96 Å². The third kappa shape index (κ3) is 5.27. The molecule has 0 aliphatic heterocycles. The second-order valence-corrected chi connectivity index (χ2v) is 5.89. The predicted octanol–water partition coefficient (Wildman–Crippen LogP) is 2.54. The first-order valence-corrected chi connectivity index (χ1v) is 7.80. The number of rotatable bonds is 6. The number of nitrogens with zero attached hydrogens (tertiary/aromatic N) is 3. The summed E-state index contributed by atoms with van der Waals surface area (Å²) in [5, 5.41) is 13.8. The smallest absolute Gasteiger partial charge is 0.194 e. The van der Waals surface area contributed by atoms with Gasteiger partial charge in [0.1, 0.15) is 11.4 Å². The number of guanidine groups is 1. The molecule has 0 saturated heterocycles. The summed E-state index contributed by atoms with van der Waals surface area (Å²) >= 11 is 0. The molecule has 0 aliphatic rings. The van der Waals surface area contributed by atoms with Crippen molar-refractivity contribution in [2.45, 2.75) is 26.0 Å². The van der Waals surface area contributed by atoms with E-state index in [2.05, 4.69) is 20.9 Å². The van der Waals surface area contributed by atoms with Crippen LogP contribution in [0.5, 0.6) is 0 Å². The van der Waals surface area contributed by atoms with Gasteiger partial charge in [-0.25, -0.2) is 4.99 Å². The summed E-state index contributed by atoms with van der Waals surface area (Å²) < 4.78 is 7.38. The molecule has 0 radical (unpaired) electrons. The average molecular weight is 446 g/mol. The van der Waals surface area contributed by atoms with Gasteiger partial charge in [-0.05, 0) is 38.1 Å². The Hall–Kier alpha value is -1.48. The molecule has 2 N–H and O–H groups in total. The molecule has 0 saturated carbocycles. The minimum Gasteiger partial charge on any atom is -0.466 e. The molecule has 0 aliphatic carbocycles. The number of hydrogen-bond acceptors (Lipinski definition) is 3. The van der Waals surface area contributed by atoms with Gasteiger partial charge in [-0.1, -0.05) is 0 Å². The van der Waals surface area contributed by atoms with Crippen LogP contribution in [0.15, 0.2) is 46.1 Å². The van der Waals surface area contributed by atoms with E-state index in [-0.39, 0.29) is 30.5 Å². The van der Waals surface area contributed by atoms with Gasteiger partial charge < -0.3 is 24.3 Å². The Morgan fingerprint density at radius 3 is 2.71 bits per heavy atom. The molecule has 2 aromatic heterocycles. The van der Waals surface area contributed by atoms with Gasteiger partial charge in [0.25, 0.3) is 0 Å². The van der Waals surface area contributed by atoms with Crippen molar-refractivity contribution in [2.24, 2.45) is 12.0 Å². The highest BCUT2D eigenvalue weighted by Gasteiger charge is 2.26. The van der Waals surface area contributed by atoms with E-state index < -0.39 is 5.60 Å². The first kappa shape index (κ1) is 20.6. The Labute approximate surface area is 160 Å². The van der Waals surface area contributed by atoms with Crippen molar-refractivity contribution in [2.75, 3.05) is 20.1 Å². The highest BCUT2D eigenvalue weighted by atomic mass is 127. The highest BCUT2D eigenvalue weighted by Crippen LogP contribution is 2.21. The quantitative estimate of drug-likeness (QED) is 0.407. The molecule has 7 heteroatoms. The lowest BCUT2D eigenvalue weighted by Crippen LogP contribution is -2.40. The monoisotopic (exact) mass is 446 g/mol. The maximum Gasteiger partial charge on any atom is 0.194 e. The Balaban J connectivity index is 0.00000288. The molecule has 2 rings (SSSR count). The number of aliphatic hydroxyl groups is 1. The highest BCUT2D eigenvalue weighted by molar-refractivity contribution is 14.0. The van der Waals surface area contributed by atoms with E-state index in [0.717, 1.165) is 19.0 Å². The van der Waals surface area contributed by atoms with E-state index in [9.17, 15) is 5.11 Å². The normalized spacial score (nSPS) is 14.0. The fourth-order valence-electron chi connectivity index (χ4n) is 2.34. The van der Waals surface area contributed by atoms with Gasteiger partial charge >= 0.3 is 0 Å². The molecule has 6 nitrogen and oxygen atoms in total. The maximum absolute atomic E-state index is 10.5. The van der Waals surface area contributed by atoms with Crippen LogP contribution in [0, 0.1) is 0 Å². The second-order valence-electron chi connectivity index (χ2n) is 5.89. The molecule has 2 aromatic rings. The molecule has 0 bridgehead atoms. The summed E-state index contributed by atoms with van der Waals surface area (Å²) in [4.78, 5) is 6.60. The van der Waals surface area contributed by atoms with E-state index in [1.165, 1.54) is 5.69 Å². The Kier molecular flexibility index (Phi) is 7.82. The standard InChI is InChI=1S/C17H26N4O2.HI/c1-5-18-16(21(4)12-14-8-6-10-20(14)3)19-13-17(2,22)15-9-7-11-23-15;/h6-11,22H,5,12-13H2,1-4H3,(H,18,19);1H. The molecular formula is C17H27IN4O2. The molecular weight excluding hydrogens is 419 g/mol. The number of aromatic nitrogens is 1. The van der Waals surface area contributed by atoms with Crippen molar-refractivity contribution < 1.29 is 9.52 Å². The number of aliphatic imine (C=N–C) groups is 1. The molecule has 1 atom stereocenters. The first-order valence-electron chi connectivity index (χ1n) is 7.80. The Morgan fingerprint density at radius 1 is 1.42 bits per heavy atom. The van der Waals surface area contributed by atoms with Crippen molar-refractivity contribution in [3.8, 4) is 0 Å². The van der Waals surface area contributed by atoms with Crippen LogP contribution in [0.3, 0.4) is 0 Å². The molecule has 24 heavy (non-hydrogen) atoms. The van der Waals surface area contributed by atoms with E-state index >= 15 is 0 Å². The lowest BCUT2D eigenvalue weighted by atomic mass is 10.0. The average Bonchev–Trinajstić information content (AvgIpc) is 3.16. The lowest BCUT2D eigenvalue weighted by molar-refractivity contribution is 0.0435. The fourth-order valence-corrected chi connectivity index (χ4v) is 2.34. The number of furan rings is 1. The molecule has 0 aromatic carbocycles. The van der Waals surface area contributed by atoms with Crippen molar-refractivity contribution in [1.82, 2.24) is 14.8 Å². The summed E-state index contributed by atoms with van der Waals surface area (Å²) in [5.41, 5.74) is 0.0617. The molecule has 2 heterocycles. The van der Waals surface area contributed by atoms with Gasteiger partial charge in [0.2, 0.25) is 0 Å². The summed E-state index contributed by atoms with van der Waals surface area (Å²) in [6.07, 6.45) is 3.58. The van der Waals surface area contributed by atoms with Crippen LogP contribution in [0.1, 0.15) is 25.3 Å². The van der Waals surface area contributed by atoms with Crippen molar-refractivity contribution in [3.05, 3.63) is 48.2 Å². The Morgan fingerprint density at radius 2 is 2.17 bits per heavy atom. The van der Waals surface area contributed by atoms with Crippen LogP contribution >= 0.6 is 24.0 Å². The molecule has 1 unspecified atom stereocenters. The topological polar surface area (TPSA) is 65.9 Å². The van der Waals surface area contributed by atoms with E-state index in [4.69, 9.17) is 4.42 Å². The largest absolute Gasteiger partial charge is 0.466 e. The lowest BCUT2D eigenvalue weighted by Gasteiger charge is -2.24. The number of halogens is 1.